The molecular weight excluding hydrogens is 286 g/mol. The Morgan fingerprint density at radius 3 is 2.17 bits per heavy atom. The van der Waals surface area contributed by atoms with E-state index in [4.69, 9.17) is 4.74 Å². The summed E-state index contributed by atoms with van der Waals surface area (Å²) in [6, 6.07) is 8.45. The molecule has 0 aliphatic heterocycles. The highest BCUT2D eigenvalue weighted by Crippen LogP contribution is 2.29. The molecule has 3 heteroatoms. The lowest BCUT2D eigenvalue weighted by Crippen LogP contribution is -2.23. The number of allylic oxidation sites excluding steroid dienone is 1. The molecule has 1 N–H and O–H groups in total. The molecule has 3 nitrogen and oxygen atoms in total. The van der Waals surface area contributed by atoms with Gasteiger partial charge in [-0.15, -0.1) is 0 Å². The lowest BCUT2D eigenvalue weighted by Gasteiger charge is -2.26. The third-order valence-corrected chi connectivity index (χ3v) is 3.93. The third kappa shape index (κ3) is 6.09. The van der Waals surface area contributed by atoms with Crippen molar-refractivity contribution in [2.24, 2.45) is 11.3 Å². The molecule has 1 aromatic rings. The number of hydrogen-bond donors (Lipinski definition) is 1. The van der Waals surface area contributed by atoms with Crippen LogP contribution in [0.15, 0.2) is 36.4 Å². The summed E-state index contributed by atoms with van der Waals surface area (Å²) in [5, 5.41) is 3.13. The van der Waals surface area contributed by atoms with Crippen LogP contribution in [0.25, 0.3) is 0 Å². The van der Waals surface area contributed by atoms with Crippen LogP contribution < -0.4 is 5.32 Å². The van der Waals surface area contributed by atoms with Gasteiger partial charge >= 0.3 is 5.97 Å². The molecule has 1 rings (SSSR count). The van der Waals surface area contributed by atoms with Crippen LogP contribution in [0.3, 0.4) is 0 Å². The highest BCUT2D eigenvalue weighted by Gasteiger charge is 2.22. The molecule has 0 bridgehead atoms. The normalized spacial score (nSPS) is 12.7. The second kappa shape index (κ2) is 7.67. The second-order valence-corrected chi connectivity index (χ2v) is 7.63. The highest BCUT2D eigenvalue weighted by molar-refractivity contribution is 5.71. The number of ether oxygens (including phenoxy) is 1. The van der Waals surface area contributed by atoms with Crippen LogP contribution in [-0.4, -0.2) is 19.6 Å². The molecule has 0 unspecified atom stereocenters. The van der Waals surface area contributed by atoms with E-state index in [2.05, 4.69) is 69.4 Å². The van der Waals surface area contributed by atoms with Gasteiger partial charge < -0.3 is 10.1 Å². The van der Waals surface area contributed by atoms with E-state index in [-0.39, 0.29) is 22.7 Å². The van der Waals surface area contributed by atoms with Gasteiger partial charge in [-0.05, 0) is 17.7 Å². The fraction of sp³-hybridized carbons (Fsp3) is 0.550. The molecule has 0 aliphatic rings. The molecule has 0 saturated carbocycles. The maximum Gasteiger partial charge on any atom is 0.308 e. The molecule has 0 amide bonds. The lowest BCUT2D eigenvalue weighted by atomic mass is 9.81. The Labute approximate surface area is 141 Å². The fourth-order valence-electron chi connectivity index (χ4n) is 2.07. The topological polar surface area (TPSA) is 38.3 Å². The van der Waals surface area contributed by atoms with E-state index in [1.807, 2.05) is 20.9 Å². The molecule has 0 radical (unpaired) electrons. The van der Waals surface area contributed by atoms with E-state index in [9.17, 15) is 4.79 Å². The Hall–Kier alpha value is -1.77. The van der Waals surface area contributed by atoms with Crippen molar-refractivity contribution in [2.45, 2.75) is 47.0 Å². The number of nitrogens with one attached hydrogen (secondary N) is 1. The predicted molar refractivity (Wildman–Crippen MR) is 97.7 cm³/mol. The summed E-state index contributed by atoms with van der Waals surface area (Å²) in [4.78, 5) is 11.6. The Balaban J connectivity index is 2.76. The summed E-state index contributed by atoms with van der Waals surface area (Å²) in [6.45, 7) is 12.6. The van der Waals surface area contributed by atoms with Crippen LogP contribution in [0.1, 0.15) is 47.1 Å². The minimum absolute atomic E-state index is 0.0778. The van der Waals surface area contributed by atoms with Crippen molar-refractivity contribution in [3.63, 3.8) is 0 Å². The minimum atomic E-state index is -0.188. The van der Waals surface area contributed by atoms with Crippen molar-refractivity contribution in [1.82, 2.24) is 0 Å². The molecule has 1 aromatic carbocycles. The van der Waals surface area contributed by atoms with Crippen LogP contribution in [0, 0.1) is 11.3 Å². The van der Waals surface area contributed by atoms with Gasteiger partial charge in [0.1, 0.15) is 0 Å². The molecule has 128 valence electrons. The molecule has 0 spiro atoms. The SMILES string of the molecule is CNc1ccc(C(C)(C)/C=C/C(C)(C)COC(=O)C(C)C)cc1. The van der Waals surface area contributed by atoms with E-state index in [0.717, 1.165) is 5.69 Å². The van der Waals surface area contributed by atoms with Crippen molar-refractivity contribution in [3.8, 4) is 0 Å². The first-order valence-corrected chi connectivity index (χ1v) is 8.23. The van der Waals surface area contributed by atoms with E-state index in [0.29, 0.717) is 6.61 Å². The summed E-state index contributed by atoms with van der Waals surface area (Å²) in [6.07, 6.45) is 4.34. The van der Waals surface area contributed by atoms with E-state index in [1.54, 1.807) is 0 Å². The quantitative estimate of drug-likeness (QED) is 0.580. The Kier molecular flexibility index (Phi) is 6.43. The van der Waals surface area contributed by atoms with Crippen molar-refractivity contribution >= 4 is 11.7 Å². The minimum Gasteiger partial charge on any atom is -0.465 e. The first-order chi connectivity index (χ1) is 10.6. The van der Waals surface area contributed by atoms with Crippen molar-refractivity contribution < 1.29 is 9.53 Å². The molecule has 0 heterocycles. The molecule has 0 aromatic heterocycles. The average Bonchev–Trinajstić information content (AvgIpc) is 2.51. The van der Waals surface area contributed by atoms with Crippen LogP contribution in [-0.2, 0) is 14.9 Å². The maximum atomic E-state index is 11.6. The smallest absolute Gasteiger partial charge is 0.308 e. The number of rotatable bonds is 7. The number of esters is 1. The van der Waals surface area contributed by atoms with Gasteiger partial charge in [-0.2, -0.15) is 0 Å². The number of carbonyl (C=O) groups excluding carboxylic acids is 1. The summed E-state index contributed by atoms with van der Waals surface area (Å²) >= 11 is 0. The number of carbonyl (C=O) groups is 1. The number of anilines is 1. The van der Waals surface area contributed by atoms with Crippen LogP contribution in [0.5, 0.6) is 0 Å². The van der Waals surface area contributed by atoms with Crippen LogP contribution in [0.2, 0.25) is 0 Å². The van der Waals surface area contributed by atoms with E-state index < -0.39 is 0 Å². The van der Waals surface area contributed by atoms with Gasteiger partial charge in [0.25, 0.3) is 0 Å². The molecular formula is C20H31NO2. The van der Waals surface area contributed by atoms with Gasteiger partial charge in [-0.1, -0.05) is 65.8 Å². The van der Waals surface area contributed by atoms with E-state index >= 15 is 0 Å². The van der Waals surface area contributed by atoms with Crippen molar-refractivity contribution in [2.75, 3.05) is 19.0 Å². The first kappa shape index (κ1) is 19.3. The first-order valence-electron chi connectivity index (χ1n) is 8.23. The molecule has 0 atom stereocenters. The van der Waals surface area contributed by atoms with Gasteiger partial charge in [-0.3, -0.25) is 4.79 Å². The maximum absolute atomic E-state index is 11.6. The lowest BCUT2D eigenvalue weighted by molar-refractivity contribution is -0.149. The predicted octanol–water partition coefficient (Wildman–Crippen LogP) is 4.79. The molecule has 23 heavy (non-hydrogen) atoms. The number of hydrogen-bond acceptors (Lipinski definition) is 3. The monoisotopic (exact) mass is 317 g/mol. The van der Waals surface area contributed by atoms with E-state index in [1.165, 1.54) is 5.56 Å². The Morgan fingerprint density at radius 2 is 1.70 bits per heavy atom. The van der Waals surface area contributed by atoms with Crippen LogP contribution >= 0.6 is 0 Å². The zero-order valence-corrected chi connectivity index (χ0v) is 15.6. The highest BCUT2D eigenvalue weighted by atomic mass is 16.5. The fourth-order valence-corrected chi connectivity index (χ4v) is 2.07. The molecule has 0 aliphatic carbocycles. The standard InChI is InChI=1S/C20H31NO2/c1-15(2)18(22)23-14-19(3,4)12-13-20(5,6)16-8-10-17(21-7)11-9-16/h8-13,15,21H,14H2,1-7H3/b13-12+. The summed E-state index contributed by atoms with van der Waals surface area (Å²) in [5.41, 5.74) is 2.09. The Morgan fingerprint density at radius 1 is 1.13 bits per heavy atom. The zero-order chi connectivity index (χ0) is 17.7. The third-order valence-electron chi connectivity index (χ3n) is 3.93. The van der Waals surface area contributed by atoms with Gasteiger partial charge in [0.2, 0.25) is 0 Å². The number of benzene rings is 1. The van der Waals surface area contributed by atoms with Gasteiger partial charge in [0, 0.05) is 23.6 Å². The van der Waals surface area contributed by atoms with Gasteiger partial charge in [0.05, 0.1) is 12.5 Å². The van der Waals surface area contributed by atoms with Gasteiger partial charge in [0.15, 0.2) is 0 Å². The van der Waals surface area contributed by atoms with Gasteiger partial charge in [-0.25, -0.2) is 0 Å². The summed E-state index contributed by atoms with van der Waals surface area (Å²) < 4.78 is 5.37. The summed E-state index contributed by atoms with van der Waals surface area (Å²) in [7, 11) is 1.92. The zero-order valence-electron chi connectivity index (χ0n) is 15.6. The summed E-state index contributed by atoms with van der Waals surface area (Å²) in [5.74, 6) is -0.231. The molecule has 0 saturated heterocycles. The Bertz CT molecular complexity index is 539. The van der Waals surface area contributed by atoms with Crippen molar-refractivity contribution in [3.05, 3.63) is 42.0 Å². The van der Waals surface area contributed by atoms with Crippen LogP contribution in [0.4, 0.5) is 5.69 Å². The second-order valence-electron chi connectivity index (χ2n) is 7.63. The average molecular weight is 317 g/mol. The molecule has 0 fully saturated rings. The largest absolute Gasteiger partial charge is 0.465 e. The van der Waals surface area contributed by atoms with Crippen molar-refractivity contribution in [1.29, 1.82) is 0 Å².